The van der Waals surface area contributed by atoms with Gasteiger partial charge in [-0.05, 0) is 51.6 Å². The van der Waals surface area contributed by atoms with E-state index in [9.17, 15) is 4.79 Å². The Bertz CT molecular complexity index is 200. The Kier molecular flexibility index (Phi) is 6.46. The van der Waals surface area contributed by atoms with Gasteiger partial charge in [0.1, 0.15) is 0 Å². The van der Waals surface area contributed by atoms with Crippen molar-refractivity contribution in [3.05, 3.63) is 0 Å². The molecule has 0 aromatic heterocycles. The van der Waals surface area contributed by atoms with Crippen molar-refractivity contribution in [2.75, 3.05) is 13.1 Å². The Morgan fingerprint density at radius 3 is 3.00 bits per heavy atom. The molecule has 0 radical (unpaired) electrons. The van der Waals surface area contributed by atoms with Crippen molar-refractivity contribution in [2.45, 2.75) is 58.4 Å². The largest absolute Gasteiger partial charge is 0.354 e. The monoisotopic (exact) mass is 226 g/mol. The average Bonchev–Trinajstić information content (AvgIpc) is 2.28. The van der Waals surface area contributed by atoms with Gasteiger partial charge in [-0.2, -0.15) is 0 Å². The molecule has 0 bridgehead atoms. The first-order valence-electron chi connectivity index (χ1n) is 6.72. The van der Waals surface area contributed by atoms with E-state index in [1.807, 2.05) is 0 Å². The summed E-state index contributed by atoms with van der Waals surface area (Å²) in [5.41, 5.74) is 0. The molecule has 2 N–H and O–H groups in total. The van der Waals surface area contributed by atoms with Crippen LogP contribution in [0.2, 0.25) is 0 Å². The van der Waals surface area contributed by atoms with Crippen molar-refractivity contribution in [1.82, 2.24) is 10.6 Å². The molecule has 1 aliphatic heterocycles. The second kappa shape index (κ2) is 7.66. The maximum absolute atomic E-state index is 11.6. The Morgan fingerprint density at radius 2 is 2.38 bits per heavy atom. The van der Waals surface area contributed by atoms with E-state index in [-0.39, 0.29) is 5.91 Å². The van der Waals surface area contributed by atoms with Crippen molar-refractivity contribution < 1.29 is 4.79 Å². The molecule has 0 aromatic carbocycles. The van der Waals surface area contributed by atoms with Crippen molar-refractivity contribution in [2.24, 2.45) is 5.92 Å². The highest BCUT2D eigenvalue weighted by atomic mass is 16.1. The van der Waals surface area contributed by atoms with Crippen LogP contribution in [0, 0.1) is 5.92 Å². The van der Waals surface area contributed by atoms with Gasteiger partial charge in [0.25, 0.3) is 0 Å². The molecule has 1 rings (SSSR count). The lowest BCUT2D eigenvalue weighted by Gasteiger charge is -2.22. The van der Waals surface area contributed by atoms with Crippen molar-refractivity contribution in [3.63, 3.8) is 0 Å². The number of hydrogen-bond donors (Lipinski definition) is 2. The minimum atomic E-state index is 0.228. The summed E-state index contributed by atoms with van der Waals surface area (Å²) in [6, 6.07) is 0.335. The van der Waals surface area contributed by atoms with Crippen LogP contribution in [0.4, 0.5) is 0 Å². The number of carbonyl (C=O) groups is 1. The van der Waals surface area contributed by atoms with Gasteiger partial charge in [-0.15, -0.1) is 0 Å². The minimum Gasteiger partial charge on any atom is -0.354 e. The Hall–Kier alpha value is -0.570. The van der Waals surface area contributed by atoms with Gasteiger partial charge in [0.2, 0.25) is 5.91 Å². The SMILES string of the molecule is CCCC(C)NC(=O)CCC1CCCNC1. The van der Waals surface area contributed by atoms with Crippen LogP contribution in [-0.2, 0) is 4.79 Å². The molecule has 1 amide bonds. The predicted molar refractivity (Wildman–Crippen MR) is 67.3 cm³/mol. The summed E-state index contributed by atoms with van der Waals surface area (Å²) < 4.78 is 0. The standard InChI is InChI=1S/C13H26N2O/c1-3-5-11(2)15-13(16)8-7-12-6-4-9-14-10-12/h11-12,14H,3-10H2,1-2H3,(H,15,16). The summed E-state index contributed by atoms with van der Waals surface area (Å²) in [7, 11) is 0. The highest BCUT2D eigenvalue weighted by Crippen LogP contribution is 2.15. The Balaban J connectivity index is 2.09. The molecule has 0 spiro atoms. The summed E-state index contributed by atoms with van der Waals surface area (Å²) in [6.07, 6.45) is 6.49. The van der Waals surface area contributed by atoms with Crippen molar-refractivity contribution in [1.29, 1.82) is 0 Å². The molecule has 1 heterocycles. The quantitative estimate of drug-likeness (QED) is 0.728. The second-order valence-electron chi connectivity index (χ2n) is 5.01. The number of piperidine rings is 1. The Labute approximate surface area is 99.4 Å². The lowest BCUT2D eigenvalue weighted by atomic mass is 9.94. The number of nitrogens with one attached hydrogen (secondary N) is 2. The first-order valence-corrected chi connectivity index (χ1v) is 6.72. The first-order chi connectivity index (χ1) is 7.72. The minimum absolute atomic E-state index is 0.228. The summed E-state index contributed by atoms with van der Waals surface area (Å²) in [5, 5.41) is 6.45. The third kappa shape index (κ3) is 5.50. The lowest BCUT2D eigenvalue weighted by molar-refractivity contribution is -0.122. The summed E-state index contributed by atoms with van der Waals surface area (Å²) >= 11 is 0. The van der Waals surface area contributed by atoms with Gasteiger partial charge in [-0.25, -0.2) is 0 Å². The summed E-state index contributed by atoms with van der Waals surface area (Å²) in [6.45, 7) is 6.48. The topological polar surface area (TPSA) is 41.1 Å². The van der Waals surface area contributed by atoms with E-state index in [4.69, 9.17) is 0 Å². The second-order valence-corrected chi connectivity index (χ2v) is 5.01. The number of rotatable bonds is 6. The van der Waals surface area contributed by atoms with Gasteiger partial charge in [0.15, 0.2) is 0 Å². The van der Waals surface area contributed by atoms with Gasteiger partial charge >= 0.3 is 0 Å². The summed E-state index contributed by atoms with van der Waals surface area (Å²) in [5.74, 6) is 0.938. The predicted octanol–water partition coefficient (Wildman–Crippen LogP) is 2.07. The van der Waals surface area contributed by atoms with Crippen LogP contribution in [-0.4, -0.2) is 25.0 Å². The summed E-state index contributed by atoms with van der Waals surface area (Å²) in [4.78, 5) is 11.6. The molecule has 0 aromatic rings. The average molecular weight is 226 g/mol. The molecule has 1 saturated heterocycles. The lowest BCUT2D eigenvalue weighted by Crippen LogP contribution is -2.34. The van der Waals surface area contributed by atoms with Crippen LogP contribution < -0.4 is 10.6 Å². The van der Waals surface area contributed by atoms with Crippen LogP contribution in [0.5, 0.6) is 0 Å². The van der Waals surface area contributed by atoms with Gasteiger partial charge in [0, 0.05) is 12.5 Å². The van der Waals surface area contributed by atoms with E-state index in [1.54, 1.807) is 0 Å². The third-order valence-electron chi connectivity index (χ3n) is 3.31. The highest BCUT2D eigenvalue weighted by Gasteiger charge is 2.14. The van der Waals surface area contributed by atoms with Gasteiger partial charge < -0.3 is 10.6 Å². The van der Waals surface area contributed by atoms with E-state index in [0.717, 1.165) is 32.4 Å². The van der Waals surface area contributed by atoms with Gasteiger partial charge in [-0.3, -0.25) is 4.79 Å². The fourth-order valence-corrected chi connectivity index (χ4v) is 2.36. The maximum atomic E-state index is 11.6. The molecule has 1 fully saturated rings. The van der Waals surface area contributed by atoms with E-state index in [0.29, 0.717) is 18.4 Å². The molecule has 1 aliphatic rings. The molecule has 2 unspecified atom stereocenters. The van der Waals surface area contributed by atoms with E-state index < -0.39 is 0 Å². The van der Waals surface area contributed by atoms with Crippen molar-refractivity contribution in [3.8, 4) is 0 Å². The maximum Gasteiger partial charge on any atom is 0.220 e. The highest BCUT2D eigenvalue weighted by molar-refractivity contribution is 5.76. The van der Waals surface area contributed by atoms with Gasteiger partial charge in [-0.1, -0.05) is 13.3 Å². The first kappa shape index (κ1) is 13.5. The van der Waals surface area contributed by atoms with Crippen LogP contribution in [0.1, 0.15) is 52.4 Å². The molecule has 0 aliphatic carbocycles. The zero-order chi connectivity index (χ0) is 11.8. The molecule has 3 nitrogen and oxygen atoms in total. The van der Waals surface area contributed by atoms with E-state index >= 15 is 0 Å². The van der Waals surface area contributed by atoms with Crippen LogP contribution >= 0.6 is 0 Å². The van der Waals surface area contributed by atoms with Crippen LogP contribution in [0.15, 0.2) is 0 Å². The zero-order valence-electron chi connectivity index (χ0n) is 10.7. The molecular formula is C13H26N2O. The van der Waals surface area contributed by atoms with E-state index in [1.165, 1.54) is 12.8 Å². The Morgan fingerprint density at radius 1 is 1.56 bits per heavy atom. The molecule has 0 saturated carbocycles. The molecule has 3 heteroatoms. The molecule has 2 atom stereocenters. The fourth-order valence-electron chi connectivity index (χ4n) is 2.36. The number of carbonyl (C=O) groups excluding carboxylic acids is 1. The molecular weight excluding hydrogens is 200 g/mol. The number of hydrogen-bond acceptors (Lipinski definition) is 2. The number of amides is 1. The molecule has 94 valence electrons. The molecule has 16 heavy (non-hydrogen) atoms. The van der Waals surface area contributed by atoms with Gasteiger partial charge in [0.05, 0.1) is 0 Å². The van der Waals surface area contributed by atoms with E-state index in [2.05, 4.69) is 24.5 Å². The van der Waals surface area contributed by atoms with Crippen molar-refractivity contribution >= 4 is 5.91 Å². The normalized spacial score (nSPS) is 22.8. The fraction of sp³-hybridized carbons (Fsp3) is 0.923. The third-order valence-corrected chi connectivity index (χ3v) is 3.31. The smallest absolute Gasteiger partial charge is 0.220 e. The van der Waals surface area contributed by atoms with Crippen LogP contribution in [0.3, 0.4) is 0 Å². The zero-order valence-corrected chi connectivity index (χ0v) is 10.7. The van der Waals surface area contributed by atoms with Crippen LogP contribution in [0.25, 0.3) is 0 Å².